The van der Waals surface area contributed by atoms with Gasteiger partial charge in [0.15, 0.2) is 5.76 Å². The molecular formula is C22H25Cl2N3O4. The third kappa shape index (κ3) is 6.46. The number of morpholine rings is 1. The summed E-state index contributed by atoms with van der Waals surface area (Å²) in [6.45, 7) is 3.25. The summed E-state index contributed by atoms with van der Waals surface area (Å²) in [5, 5.41) is 6.84. The van der Waals surface area contributed by atoms with Gasteiger partial charge in [0.05, 0.1) is 29.2 Å². The fraction of sp³-hybridized carbons (Fsp3) is 0.455. The van der Waals surface area contributed by atoms with Crippen LogP contribution in [0.2, 0.25) is 10.0 Å². The molecule has 0 spiro atoms. The number of furan rings is 1. The van der Waals surface area contributed by atoms with Crippen molar-refractivity contribution in [2.75, 3.05) is 26.2 Å². The lowest BCUT2D eigenvalue weighted by molar-refractivity contribution is -0.122. The number of hydrogen-bond donors (Lipinski definition) is 2. The minimum Gasteiger partial charge on any atom is -0.455 e. The van der Waals surface area contributed by atoms with Crippen LogP contribution in [-0.4, -0.2) is 55.1 Å². The highest BCUT2D eigenvalue weighted by Gasteiger charge is 2.25. The molecule has 9 heteroatoms. The third-order valence-corrected chi connectivity index (χ3v) is 6.01. The summed E-state index contributed by atoms with van der Waals surface area (Å²) in [4.78, 5) is 26.5. The topological polar surface area (TPSA) is 83.8 Å². The molecule has 166 valence electrons. The molecule has 2 N–H and O–H groups in total. The molecule has 2 fully saturated rings. The monoisotopic (exact) mass is 465 g/mol. The van der Waals surface area contributed by atoms with Crippen molar-refractivity contribution in [2.24, 2.45) is 0 Å². The van der Waals surface area contributed by atoms with Crippen LogP contribution >= 0.6 is 23.2 Å². The molecule has 2 aromatic rings. The van der Waals surface area contributed by atoms with Crippen molar-refractivity contribution in [3.63, 3.8) is 0 Å². The molecule has 1 saturated carbocycles. The van der Waals surface area contributed by atoms with Crippen LogP contribution in [0.4, 0.5) is 0 Å². The number of carbonyl (C=O) groups is 2. The summed E-state index contributed by atoms with van der Waals surface area (Å²) < 4.78 is 11.3. The Morgan fingerprint density at radius 2 is 1.97 bits per heavy atom. The van der Waals surface area contributed by atoms with Crippen LogP contribution in [0.3, 0.4) is 0 Å². The lowest BCUT2D eigenvalue weighted by atomic mass is 10.2. The maximum absolute atomic E-state index is 12.3. The second-order valence-electron chi connectivity index (χ2n) is 7.97. The number of ether oxygens (including phenoxy) is 1. The maximum atomic E-state index is 12.3. The Labute approximate surface area is 191 Å². The zero-order valence-electron chi connectivity index (χ0n) is 17.0. The number of nitrogens with one attached hydrogen (secondary N) is 2. The van der Waals surface area contributed by atoms with E-state index < -0.39 is 0 Å². The van der Waals surface area contributed by atoms with Gasteiger partial charge in [-0.3, -0.25) is 14.5 Å². The van der Waals surface area contributed by atoms with E-state index in [1.807, 2.05) is 12.1 Å². The van der Waals surface area contributed by atoms with Crippen molar-refractivity contribution in [1.82, 2.24) is 15.5 Å². The quantitative estimate of drug-likeness (QED) is 0.625. The van der Waals surface area contributed by atoms with Crippen LogP contribution in [0, 0.1) is 0 Å². The van der Waals surface area contributed by atoms with E-state index in [1.54, 1.807) is 18.2 Å². The van der Waals surface area contributed by atoms with Gasteiger partial charge in [-0.2, -0.15) is 0 Å². The minimum atomic E-state index is -0.230. The van der Waals surface area contributed by atoms with Crippen LogP contribution in [0.1, 0.15) is 34.7 Å². The van der Waals surface area contributed by atoms with E-state index in [4.69, 9.17) is 32.4 Å². The van der Waals surface area contributed by atoms with E-state index in [2.05, 4.69) is 15.5 Å². The first kappa shape index (κ1) is 22.1. The van der Waals surface area contributed by atoms with E-state index in [0.717, 1.165) is 31.5 Å². The molecule has 1 aliphatic heterocycles. The van der Waals surface area contributed by atoms with Crippen LogP contribution in [0.15, 0.2) is 34.7 Å². The highest BCUT2D eigenvalue weighted by molar-refractivity contribution is 6.42. The van der Waals surface area contributed by atoms with Gasteiger partial charge in [0.25, 0.3) is 5.91 Å². The molecule has 0 radical (unpaired) electrons. The van der Waals surface area contributed by atoms with E-state index in [1.165, 1.54) is 0 Å². The SMILES string of the molecule is O=C(Cc1ccc(C(=O)NC2CC2)o1)NC[C@H]1CN(Cc2ccc(Cl)c(Cl)c2)CCO1. The van der Waals surface area contributed by atoms with Crippen molar-refractivity contribution in [1.29, 1.82) is 0 Å². The molecule has 0 bridgehead atoms. The molecule has 1 aromatic heterocycles. The predicted molar refractivity (Wildman–Crippen MR) is 117 cm³/mol. The average Bonchev–Trinajstić information content (AvgIpc) is 3.44. The molecule has 1 aromatic carbocycles. The van der Waals surface area contributed by atoms with Gasteiger partial charge in [0.2, 0.25) is 5.91 Å². The zero-order chi connectivity index (χ0) is 21.8. The van der Waals surface area contributed by atoms with Crippen molar-refractivity contribution in [3.05, 3.63) is 57.5 Å². The smallest absolute Gasteiger partial charge is 0.287 e. The highest BCUT2D eigenvalue weighted by atomic mass is 35.5. The van der Waals surface area contributed by atoms with Gasteiger partial charge < -0.3 is 19.8 Å². The van der Waals surface area contributed by atoms with Gasteiger partial charge >= 0.3 is 0 Å². The summed E-state index contributed by atoms with van der Waals surface area (Å²) in [5.74, 6) is 0.299. The Morgan fingerprint density at radius 3 is 2.74 bits per heavy atom. The standard InChI is InChI=1S/C22H25Cl2N3O4/c23-18-5-1-14(9-19(18)24)12-27-7-8-30-17(13-27)11-25-21(28)10-16-4-6-20(31-16)22(29)26-15-2-3-15/h1,4-6,9,15,17H,2-3,7-8,10-13H2,(H,25,28)(H,26,29)/t17-/m0/s1. The highest BCUT2D eigenvalue weighted by Crippen LogP contribution is 2.24. The van der Waals surface area contributed by atoms with Gasteiger partial charge in [-0.1, -0.05) is 29.3 Å². The van der Waals surface area contributed by atoms with Crippen LogP contribution in [0.25, 0.3) is 0 Å². The molecule has 4 rings (SSSR count). The Hall–Kier alpha value is -2.06. The van der Waals surface area contributed by atoms with E-state index in [9.17, 15) is 9.59 Å². The van der Waals surface area contributed by atoms with E-state index in [-0.39, 0.29) is 36.1 Å². The number of amides is 2. The Kier molecular flexibility index (Phi) is 7.17. The normalized spacial score (nSPS) is 19.2. The maximum Gasteiger partial charge on any atom is 0.287 e. The van der Waals surface area contributed by atoms with Crippen LogP contribution < -0.4 is 10.6 Å². The van der Waals surface area contributed by atoms with E-state index >= 15 is 0 Å². The lowest BCUT2D eigenvalue weighted by Gasteiger charge is -2.33. The van der Waals surface area contributed by atoms with Crippen LogP contribution in [-0.2, 0) is 22.5 Å². The number of carbonyl (C=O) groups excluding carboxylic acids is 2. The molecular weight excluding hydrogens is 441 g/mol. The fourth-order valence-corrected chi connectivity index (χ4v) is 3.79. The first-order valence-electron chi connectivity index (χ1n) is 10.4. The average molecular weight is 466 g/mol. The van der Waals surface area contributed by atoms with Crippen molar-refractivity contribution in [3.8, 4) is 0 Å². The van der Waals surface area contributed by atoms with Gasteiger partial charge in [-0.05, 0) is 42.7 Å². The van der Waals surface area contributed by atoms with Gasteiger partial charge in [0, 0.05) is 32.2 Å². The fourth-order valence-electron chi connectivity index (χ4n) is 3.47. The Bertz CT molecular complexity index is 945. The number of hydrogen-bond acceptors (Lipinski definition) is 5. The van der Waals surface area contributed by atoms with Gasteiger partial charge in [-0.25, -0.2) is 0 Å². The summed E-state index contributed by atoms with van der Waals surface area (Å²) in [5.41, 5.74) is 1.08. The summed E-state index contributed by atoms with van der Waals surface area (Å²) in [6.07, 6.45) is 2.00. The van der Waals surface area contributed by atoms with Gasteiger partial charge in [-0.15, -0.1) is 0 Å². The second kappa shape index (κ2) is 10.0. The molecule has 1 saturated heterocycles. The molecule has 31 heavy (non-hydrogen) atoms. The predicted octanol–water partition coefficient (Wildman–Crippen LogP) is 3.04. The lowest BCUT2D eigenvalue weighted by Crippen LogP contribution is -2.47. The summed E-state index contributed by atoms with van der Waals surface area (Å²) in [6, 6.07) is 9.16. The number of halogens is 2. The van der Waals surface area contributed by atoms with Crippen molar-refractivity contribution in [2.45, 2.75) is 38.0 Å². The third-order valence-electron chi connectivity index (χ3n) is 5.27. The first-order valence-corrected chi connectivity index (χ1v) is 11.2. The van der Waals surface area contributed by atoms with E-state index in [0.29, 0.717) is 35.5 Å². The molecule has 7 nitrogen and oxygen atoms in total. The Morgan fingerprint density at radius 1 is 1.13 bits per heavy atom. The second-order valence-corrected chi connectivity index (χ2v) is 8.79. The summed E-state index contributed by atoms with van der Waals surface area (Å²) in [7, 11) is 0. The van der Waals surface area contributed by atoms with Gasteiger partial charge in [0.1, 0.15) is 5.76 Å². The minimum absolute atomic E-state index is 0.0798. The molecule has 2 aliphatic rings. The number of rotatable bonds is 8. The molecule has 0 unspecified atom stereocenters. The largest absolute Gasteiger partial charge is 0.455 e. The summed E-state index contributed by atoms with van der Waals surface area (Å²) >= 11 is 12.1. The molecule has 2 heterocycles. The first-order chi connectivity index (χ1) is 15.0. The number of benzene rings is 1. The molecule has 2 amide bonds. The zero-order valence-corrected chi connectivity index (χ0v) is 18.5. The Balaban J connectivity index is 1.21. The molecule has 1 aliphatic carbocycles. The van der Waals surface area contributed by atoms with Crippen molar-refractivity contribution < 1.29 is 18.7 Å². The molecule has 1 atom stereocenters. The number of nitrogens with zero attached hydrogens (tertiary/aromatic N) is 1. The van der Waals surface area contributed by atoms with Crippen LogP contribution in [0.5, 0.6) is 0 Å². The van der Waals surface area contributed by atoms with Crippen molar-refractivity contribution >= 4 is 35.0 Å².